The molecule has 1 fully saturated rings. The molecule has 0 radical (unpaired) electrons. The first-order chi connectivity index (χ1) is 16.2. The normalized spacial score (nSPS) is 17.6. The average Bonchev–Trinajstić information content (AvgIpc) is 3.04. The van der Waals surface area contributed by atoms with Gasteiger partial charge in [0, 0.05) is 12.1 Å². The zero-order valence-electron chi connectivity index (χ0n) is 20.4. The van der Waals surface area contributed by atoms with E-state index in [0.29, 0.717) is 36.4 Å². The number of carbonyl (C=O) groups is 2. The molecule has 0 aromatic heterocycles. The molecule has 7 nitrogen and oxygen atoms in total. The Bertz CT molecular complexity index is 1060. The molecule has 34 heavy (non-hydrogen) atoms. The first-order valence-corrected chi connectivity index (χ1v) is 11.7. The van der Waals surface area contributed by atoms with Gasteiger partial charge in [0.05, 0.1) is 18.2 Å². The van der Waals surface area contributed by atoms with Gasteiger partial charge in [-0.2, -0.15) is 0 Å². The zero-order chi connectivity index (χ0) is 24.8. The number of amides is 1. The maximum Gasteiger partial charge on any atom is 0.295 e. The number of carbonyl (C=O) groups excluding carboxylic acids is 2. The predicted octanol–water partition coefficient (Wildman–Crippen LogP) is 4.25. The van der Waals surface area contributed by atoms with Gasteiger partial charge in [0.25, 0.3) is 11.7 Å². The molecule has 1 heterocycles. The molecular formula is C27H34N2O5. The number of ether oxygens (including phenoxy) is 1. The van der Waals surface area contributed by atoms with E-state index in [-0.39, 0.29) is 17.1 Å². The largest absolute Gasteiger partial charge is 0.508 e. The molecule has 2 N–H and O–H groups in total. The second-order valence-electron chi connectivity index (χ2n) is 8.92. The predicted molar refractivity (Wildman–Crippen MR) is 132 cm³/mol. The third-order valence-corrected chi connectivity index (χ3v) is 5.97. The second kappa shape index (κ2) is 11.2. The van der Waals surface area contributed by atoms with E-state index in [2.05, 4.69) is 6.92 Å². The summed E-state index contributed by atoms with van der Waals surface area (Å²) < 4.78 is 5.75. The summed E-state index contributed by atoms with van der Waals surface area (Å²) in [7, 11) is 3.90. The minimum absolute atomic E-state index is 0.0586. The minimum atomic E-state index is -0.734. The number of phenols is 1. The molecule has 1 atom stereocenters. The fraction of sp³-hybridized carbons (Fsp3) is 0.407. The summed E-state index contributed by atoms with van der Waals surface area (Å²) in [6, 6.07) is 11.0. The summed E-state index contributed by atoms with van der Waals surface area (Å²) in [5.74, 6) is -0.757. The summed E-state index contributed by atoms with van der Waals surface area (Å²) in [6.45, 7) is 5.67. The number of ketones is 1. The molecule has 2 aromatic rings. The van der Waals surface area contributed by atoms with Gasteiger partial charge >= 0.3 is 0 Å². The maximum atomic E-state index is 13.1. The van der Waals surface area contributed by atoms with Gasteiger partial charge in [0.2, 0.25) is 0 Å². The molecule has 0 saturated carbocycles. The Morgan fingerprint density at radius 3 is 2.41 bits per heavy atom. The van der Waals surface area contributed by atoms with Crippen molar-refractivity contribution < 1.29 is 24.5 Å². The van der Waals surface area contributed by atoms with Gasteiger partial charge < -0.3 is 24.7 Å². The first kappa shape index (κ1) is 25.3. The topological polar surface area (TPSA) is 90.3 Å². The second-order valence-corrected chi connectivity index (χ2v) is 8.92. The van der Waals surface area contributed by atoms with E-state index < -0.39 is 17.7 Å². The number of likely N-dealkylation sites (tertiary alicyclic amines) is 1. The molecule has 0 bridgehead atoms. The monoisotopic (exact) mass is 466 g/mol. The standard InChI is InChI=1S/C27H34N2O5/c1-5-6-16-34-21-12-13-22(18(2)17-21)25(31)23-24(19-8-10-20(30)11-9-19)29(27(33)26(23)32)15-7-14-28(3)4/h8-13,17,24,30-31H,5-7,14-16H2,1-4H3/t24-/m1/s1. The molecule has 2 aromatic carbocycles. The highest BCUT2D eigenvalue weighted by atomic mass is 16.5. The number of aryl methyl sites for hydroxylation is 1. The van der Waals surface area contributed by atoms with Crippen molar-refractivity contribution >= 4 is 17.4 Å². The van der Waals surface area contributed by atoms with E-state index in [4.69, 9.17) is 4.74 Å². The summed E-state index contributed by atoms with van der Waals surface area (Å²) >= 11 is 0. The number of aromatic hydroxyl groups is 1. The molecular weight excluding hydrogens is 432 g/mol. The van der Waals surface area contributed by atoms with E-state index >= 15 is 0 Å². The third-order valence-electron chi connectivity index (χ3n) is 5.97. The summed E-state index contributed by atoms with van der Waals surface area (Å²) in [6.07, 6.45) is 2.66. The third kappa shape index (κ3) is 5.59. The lowest BCUT2D eigenvalue weighted by Crippen LogP contribution is -2.32. The van der Waals surface area contributed by atoms with Gasteiger partial charge in [-0.25, -0.2) is 0 Å². The lowest BCUT2D eigenvalue weighted by atomic mass is 9.93. The van der Waals surface area contributed by atoms with E-state index in [9.17, 15) is 19.8 Å². The lowest BCUT2D eigenvalue weighted by molar-refractivity contribution is -0.139. The molecule has 3 rings (SSSR count). The van der Waals surface area contributed by atoms with Crippen LogP contribution in [0.25, 0.3) is 5.76 Å². The van der Waals surface area contributed by atoms with Crippen LogP contribution in [0.5, 0.6) is 11.5 Å². The number of aliphatic hydroxyl groups is 1. The van der Waals surface area contributed by atoms with Crippen molar-refractivity contribution in [1.82, 2.24) is 9.80 Å². The van der Waals surface area contributed by atoms with Crippen molar-refractivity contribution in [1.29, 1.82) is 0 Å². The van der Waals surface area contributed by atoms with Crippen LogP contribution < -0.4 is 4.74 Å². The van der Waals surface area contributed by atoms with Gasteiger partial charge in [-0.05, 0) is 81.9 Å². The Morgan fingerprint density at radius 1 is 1.09 bits per heavy atom. The van der Waals surface area contributed by atoms with Crippen LogP contribution in [-0.2, 0) is 9.59 Å². The Labute approximate surface area is 201 Å². The van der Waals surface area contributed by atoms with Crippen LogP contribution in [-0.4, -0.2) is 65.5 Å². The van der Waals surface area contributed by atoms with Gasteiger partial charge in [0.15, 0.2) is 0 Å². The van der Waals surface area contributed by atoms with Gasteiger partial charge in [-0.1, -0.05) is 25.5 Å². The number of hydrogen-bond acceptors (Lipinski definition) is 6. The highest BCUT2D eigenvalue weighted by Crippen LogP contribution is 2.40. The molecule has 1 aliphatic rings. The average molecular weight is 467 g/mol. The van der Waals surface area contributed by atoms with Crippen LogP contribution in [0.3, 0.4) is 0 Å². The fourth-order valence-corrected chi connectivity index (χ4v) is 4.14. The summed E-state index contributed by atoms with van der Waals surface area (Å²) in [5.41, 5.74) is 1.94. The maximum absolute atomic E-state index is 13.1. The molecule has 0 aliphatic carbocycles. The van der Waals surface area contributed by atoms with E-state index in [1.54, 1.807) is 24.3 Å². The number of nitrogens with zero attached hydrogens (tertiary/aromatic N) is 2. The van der Waals surface area contributed by atoms with Crippen LogP contribution in [0.4, 0.5) is 0 Å². The Hall–Kier alpha value is -3.32. The Morgan fingerprint density at radius 2 is 1.79 bits per heavy atom. The molecule has 0 spiro atoms. The fourth-order valence-electron chi connectivity index (χ4n) is 4.14. The molecule has 1 aliphatic heterocycles. The van der Waals surface area contributed by atoms with Crippen molar-refractivity contribution in [3.05, 3.63) is 64.7 Å². The number of hydrogen-bond donors (Lipinski definition) is 2. The smallest absolute Gasteiger partial charge is 0.295 e. The number of phenolic OH excluding ortho intramolecular Hbond substituents is 1. The number of unbranched alkanes of at least 4 members (excludes halogenated alkanes) is 1. The van der Waals surface area contributed by atoms with Crippen molar-refractivity contribution in [2.45, 2.75) is 39.2 Å². The highest BCUT2D eigenvalue weighted by Gasteiger charge is 2.45. The van der Waals surface area contributed by atoms with Crippen LogP contribution in [0.1, 0.15) is 48.9 Å². The van der Waals surface area contributed by atoms with Gasteiger partial charge in [-0.3, -0.25) is 9.59 Å². The number of aliphatic hydroxyl groups excluding tert-OH is 1. The first-order valence-electron chi connectivity index (χ1n) is 11.7. The molecule has 182 valence electrons. The minimum Gasteiger partial charge on any atom is -0.508 e. The highest BCUT2D eigenvalue weighted by molar-refractivity contribution is 6.46. The SMILES string of the molecule is CCCCOc1ccc(C(O)=C2C(=O)C(=O)N(CCCN(C)C)[C@@H]2c2ccc(O)cc2)c(C)c1. The Kier molecular flexibility index (Phi) is 8.34. The van der Waals surface area contributed by atoms with Gasteiger partial charge in [0.1, 0.15) is 17.3 Å². The van der Waals surface area contributed by atoms with Crippen molar-refractivity contribution in [2.24, 2.45) is 0 Å². The van der Waals surface area contributed by atoms with Crippen LogP contribution in [0.15, 0.2) is 48.0 Å². The van der Waals surface area contributed by atoms with Crippen LogP contribution in [0, 0.1) is 6.92 Å². The molecule has 0 unspecified atom stereocenters. The van der Waals surface area contributed by atoms with Gasteiger partial charge in [-0.15, -0.1) is 0 Å². The van der Waals surface area contributed by atoms with Crippen LogP contribution >= 0.6 is 0 Å². The molecule has 7 heteroatoms. The van der Waals surface area contributed by atoms with E-state index in [1.165, 1.54) is 17.0 Å². The van der Waals surface area contributed by atoms with E-state index in [0.717, 1.165) is 24.9 Å². The van der Waals surface area contributed by atoms with Crippen LogP contribution in [0.2, 0.25) is 0 Å². The van der Waals surface area contributed by atoms with Crippen molar-refractivity contribution in [3.63, 3.8) is 0 Å². The quantitative estimate of drug-likeness (QED) is 0.235. The van der Waals surface area contributed by atoms with Crippen molar-refractivity contribution in [3.8, 4) is 11.5 Å². The molecule has 1 amide bonds. The number of rotatable bonds is 10. The summed E-state index contributed by atoms with van der Waals surface area (Å²) in [4.78, 5) is 29.7. The Balaban J connectivity index is 2.02. The number of Topliss-reactive ketones (excluding diaryl/α,β-unsaturated/α-hetero) is 1. The number of benzene rings is 2. The van der Waals surface area contributed by atoms with Crippen molar-refractivity contribution in [2.75, 3.05) is 33.8 Å². The zero-order valence-corrected chi connectivity index (χ0v) is 20.4. The molecule has 1 saturated heterocycles. The summed E-state index contributed by atoms with van der Waals surface area (Å²) in [5, 5.41) is 21.0. The lowest BCUT2D eigenvalue weighted by Gasteiger charge is -2.26. The van der Waals surface area contributed by atoms with E-state index in [1.807, 2.05) is 32.0 Å².